The topological polar surface area (TPSA) is 159 Å². The lowest BCUT2D eigenvalue weighted by Crippen LogP contribution is -2.48. The molecule has 0 heterocycles. The summed E-state index contributed by atoms with van der Waals surface area (Å²) in [5, 5.41) is 14.1. The molecule has 0 aliphatic rings. The minimum absolute atomic E-state index is 0.691. The first-order chi connectivity index (χ1) is 23.6. The molecule has 4 N–H and O–H groups in total. The maximum atomic E-state index is 6.01. The molecule has 0 saturated heterocycles. The molecule has 49 heavy (non-hydrogen) atoms. The molecule has 0 atom stereocenters. The maximum absolute atomic E-state index is 6.01. The summed E-state index contributed by atoms with van der Waals surface area (Å²) in [6.07, 6.45) is 0. The number of hydrogen-bond donors (Lipinski definition) is 4. The monoisotopic (exact) mass is 796 g/mol. The van der Waals surface area contributed by atoms with Crippen LogP contribution in [0.4, 0.5) is 0 Å². The molecule has 0 aliphatic carbocycles. The molecule has 0 spiro atoms. The largest absolute Gasteiger partial charge is 0.501 e. The quantitative estimate of drug-likeness (QED) is 0.0531. The van der Waals surface area contributed by atoms with E-state index in [0.717, 1.165) is 88.6 Å². The Hall–Kier alpha value is 0.444. The van der Waals surface area contributed by atoms with Crippen molar-refractivity contribution in [1.29, 1.82) is 0 Å². The molecule has 0 aromatic carbocycles. The molecule has 0 aliphatic heterocycles. The van der Waals surface area contributed by atoms with Crippen LogP contribution in [0.5, 0.6) is 0 Å². The highest BCUT2D eigenvalue weighted by Gasteiger charge is 2.40. The summed E-state index contributed by atoms with van der Waals surface area (Å²) in [6.45, 7) is 6.19. The average Bonchev–Trinajstić information content (AvgIpc) is 3.15. The van der Waals surface area contributed by atoms with Gasteiger partial charge in [-0.2, -0.15) is 0 Å². The smallest absolute Gasteiger partial charge is 0.398 e. The normalized spacial score (nSPS) is 13.5. The predicted molar refractivity (Wildman–Crippen MR) is 203 cm³/mol. The average molecular weight is 797 g/mol. The second kappa shape index (κ2) is 28.0. The van der Waals surface area contributed by atoms with E-state index in [0.29, 0.717) is 12.1 Å². The lowest BCUT2D eigenvalue weighted by molar-refractivity contribution is 0.123. The van der Waals surface area contributed by atoms with Gasteiger partial charge in [0.15, 0.2) is 0 Å². The number of rotatable bonds is 36. The highest BCUT2D eigenvalue weighted by atomic mass is 28.4. The van der Waals surface area contributed by atoms with Gasteiger partial charge in [-0.25, -0.2) is 0 Å². The summed E-state index contributed by atoms with van der Waals surface area (Å²) < 4.78 is 68.8. The van der Waals surface area contributed by atoms with Crippen molar-refractivity contribution < 1.29 is 53.1 Å². The van der Waals surface area contributed by atoms with E-state index in [2.05, 4.69) is 21.3 Å². The minimum Gasteiger partial charge on any atom is -0.398 e. The van der Waals surface area contributed by atoms with Crippen LogP contribution in [-0.4, -0.2) is 181 Å². The van der Waals surface area contributed by atoms with Crippen molar-refractivity contribution in [3.05, 3.63) is 0 Å². The highest BCUT2D eigenvalue weighted by molar-refractivity contribution is 6.68. The molecule has 16 nitrogen and oxygen atoms in total. The molecule has 0 aromatic rings. The molecule has 0 bridgehead atoms. The summed E-state index contributed by atoms with van der Waals surface area (Å²) in [5.74, 6) is 0. The van der Waals surface area contributed by atoms with Crippen molar-refractivity contribution in [3.8, 4) is 0 Å². The fourth-order valence-electron chi connectivity index (χ4n) is 5.62. The number of nitrogens with one attached hydrogen (secondary N) is 4. The molecule has 0 fully saturated rings. The van der Waals surface area contributed by atoms with Gasteiger partial charge in [-0.3, -0.25) is 0 Å². The van der Waals surface area contributed by atoms with Gasteiger partial charge in [0.25, 0.3) is 0 Å². The zero-order valence-electron chi connectivity index (χ0n) is 32.7. The Labute approximate surface area is 303 Å². The lowest BCUT2D eigenvalue weighted by Gasteiger charge is -2.30. The Balaban J connectivity index is 4.61. The van der Waals surface area contributed by atoms with Crippen molar-refractivity contribution in [3.63, 3.8) is 0 Å². The number of hydrogen-bond acceptors (Lipinski definition) is 16. The third-order valence-electron chi connectivity index (χ3n) is 9.41. The van der Waals surface area contributed by atoms with Crippen molar-refractivity contribution in [2.24, 2.45) is 0 Å². The summed E-state index contributed by atoms with van der Waals surface area (Å²) in [4.78, 5) is 0. The Bertz CT molecular complexity index is 712. The Morgan fingerprint density at radius 2 is 0.408 bits per heavy atom. The standard InChI is InChI=1S/C28H72N4O12Si5/c1-33-45(34-2,21-13-29-15-23-46(35-3,36-4)25-17-31-19-27-48(39-7,40-8)41-9)22-14-30-16-24-47(37-5,38-6)26-18-32-20-28-49(42-10,43-11)44-12/h29-32H,13-28H2,1-12H3. The van der Waals surface area contributed by atoms with E-state index in [-0.39, 0.29) is 0 Å². The third-order valence-corrected chi connectivity index (χ3v) is 25.4. The van der Waals surface area contributed by atoms with E-state index >= 15 is 0 Å². The summed E-state index contributed by atoms with van der Waals surface area (Å²) in [6, 6.07) is 6.38. The van der Waals surface area contributed by atoms with Crippen LogP contribution in [0.15, 0.2) is 0 Å². The molecule has 21 heteroatoms. The van der Waals surface area contributed by atoms with E-state index in [1.54, 1.807) is 85.3 Å². The third kappa shape index (κ3) is 17.9. The van der Waals surface area contributed by atoms with Gasteiger partial charge in [-0.1, -0.05) is 0 Å². The summed E-state index contributed by atoms with van der Waals surface area (Å²) in [7, 11) is 8.02. The van der Waals surface area contributed by atoms with E-state index in [4.69, 9.17) is 53.1 Å². The van der Waals surface area contributed by atoms with Gasteiger partial charge in [0, 0.05) is 134 Å². The molecule has 0 aromatic heterocycles. The second-order valence-electron chi connectivity index (χ2n) is 11.5. The van der Waals surface area contributed by atoms with Crippen LogP contribution in [0.2, 0.25) is 48.4 Å². The molecular formula is C28H72N4O12Si5. The van der Waals surface area contributed by atoms with Crippen LogP contribution >= 0.6 is 0 Å². The summed E-state index contributed by atoms with van der Waals surface area (Å²) >= 11 is 0. The maximum Gasteiger partial charge on any atom is 0.501 e. The van der Waals surface area contributed by atoms with Crippen LogP contribution in [0.1, 0.15) is 0 Å². The fourth-order valence-corrected chi connectivity index (χ4v) is 15.9. The Morgan fingerprint density at radius 1 is 0.245 bits per heavy atom. The predicted octanol–water partition coefficient (Wildman–Crippen LogP) is 1.31. The van der Waals surface area contributed by atoms with Gasteiger partial charge in [0.05, 0.1) is 0 Å². The minimum atomic E-state index is -2.58. The van der Waals surface area contributed by atoms with Crippen molar-refractivity contribution in [1.82, 2.24) is 21.3 Å². The first-order valence-electron chi connectivity index (χ1n) is 17.0. The molecular weight excluding hydrogens is 725 g/mol. The SMILES string of the molecule is CO[Si](CCNCC[Si](CCNCC[Si](OC)(OC)OC)(OC)OC)(CCNCC[Si](CCNCC[Si](OC)(OC)OC)(OC)OC)OC. The Morgan fingerprint density at radius 3 is 0.551 bits per heavy atom. The molecule has 0 unspecified atom stereocenters. The zero-order valence-corrected chi connectivity index (χ0v) is 37.7. The Kier molecular flexibility index (Phi) is 28.2. The van der Waals surface area contributed by atoms with Crippen molar-refractivity contribution in [2.45, 2.75) is 48.4 Å². The van der Waals surface area contributed by atoms with Gasteiger partial charge in [-0.05, 0) is 52.4 Å². The van der Waals surface area contributed by atoms with Crippen LogP contribution in [0.3, 0.4) is 0 Å². The van der Waals surface area contributed by atoms with Crippen LogP contribution in [0, 0.1) is 0 Å². The highest BCUT2D eigenvalue weighted by Crippen LogP contribution is 2.20. The molecule has 0 amide bonds. The molecule has 296 valence electrons. The van der Waals surface area contributed by atoms with E-state index < -0.39 is 43.3 Å². The lowest BCUT2D eigenvalue weighted by atomic mass is 10.6. The first kappa shape index (κ1) is 49.4. The van der Waals surface area contributed by atoms with Gasteiger partial charge >= 0.3 is 43.3 Å². The fraction of sp³-hybridized carbons (Fsp3) is 1.00. The van der Waals surface area contributed by atoms with Gasteiger partial charge in [0.2, 0.25) is 0 Å². The zero-order chi connectivity index (χ0) is 37.1. The van der Waals surface area contributed by atoms with Crippen LogP contribution < -0.4 is 21.3 Å². The van der Waals surface area contributed by atoms with Crippen LogP contribution in [0.25, 0.3) is 0 Å². The van der Waals surface area contributed by atoms with E-state index in [9.17, 15) is 0 Å². The van der Waals surface area contributed by atoms with Gasteiger partial charge < -0.3 is 74.4 Å². The van der Waals surface area contributed by atoms with Crippen LogP contribution in [-0.2, 0) is 53.1 Å². The molecule has 0 saturated carbocycles. The first-order valence-corrected chi connectivity index (χ1v) is 27.6. The van der Waals surface area contributed by atoms with E-state index in [1.807, 2.05) is 0 Å². The second-order valence-corrected chi connectivity index (χ2v) is 28.6. The molecule has 0 rings (SSSR count). The van der Waals surface area contributed by atoms with E-state index in [1.165, 1.54) is 0 Å². The molecule has 0 radical (unpaired) electrons. The van der Waals surface area contributed by atoms with Gasteiger partial charge in [0.1, 0.15) is 0 Å². The summed E-state index contributed by atoms with van der Waals surface area (Å²) in [5.41, 5.74) is 0. The van der Waals surface area contributed by atoms with Crippen molar-refractivity contribution in [2.75, 3.05) is 138 Å². The van der Waals surface area contributed by atoms with Crippen molar-refractivity contribution >= 4 is 43.3 Å². The van der Waals surface area contributed by atoms with Gasteiger partial charge in [-0.15, -0.1) is 0 Å².